The van der Waals surface area contributed by atoms with E-state index < -0.39 is 0 Å². The zero-order valence-corrected chi connectivity index (χ0v) is 70.8. The molecular formula is C82H156N8O12. The van der Waals surface area contributed by atoms with Gasteiger partial charge in [-0.15, -0.1) is 0 Å². The molecule has 0 aromatic heterocycles. The Hall–Kier alpha value is -3.76. The Morgan fingerprint density at radius 2 is 0.608 bits per heavy atom. The van der Waals surface area contributed by atoms with Crippen LogP contribution in [0.2, 0.25) is 0 Å². The van der Waals surface area contributed by atoms with Gasteiger partial charge in [0.2, 0.25) is 47.3 Å². The predicted molar refractivity (Wildman–Crippen MR) is 414 cm³/mol. The summed E-state index contributed by atoms with van der Waals surface area (Å²) in [5.41, 5.74) is 0.396. The minimum atomic E-state index is -0.184. The minimum Gasteiger partial charge on any atom is -0.378 e. The minimum absolute atomic E-state index is 0.00211. The van der Waals surface area contributed by atoms with E-state index in [1.807, 2.05) is 19.0 Å². The third-order valence-electron chi connectivity index (χ3n) is 22.9. The molecule has 20 nitrogen and oxygen atoms in total. The van der Waals surface area contributed by atoms with Crippen molar-refractivity contribution in [3.63, 3.8) is 0 Å². The maximum atomic E-state index is 12.7. The second-order valence-electron chi connectivity index (χ2n) is 36.5. The van der Waals surface area contributed by atoms with Crippen molar-refractivity contribution in [2.45, 2.75) is 251 Å². The summed E-state index contributed by atoms with van der Waals surface area (Å²) < 4.78 is 22.6. The van der Waals surface area contributed by atoms with E-state index in [0.29, 0.717) is 117 Å². The Bertz CT molecular complexity index is 2490. The summed E-state index contributed by atoms with van der Waals surface area (Å²) in [7, 11) is 3.97. The van der Waals surface area contributed by atoms with Gasteiger partial charge in [-0.05, 0) is 129 Å². The lowest BCUT2D eigenvalue weighted by molar-refractivity contribution is -0.142. The van der Waals surface area contributed by atoms with Crippen LogP contribution < -0.4 is 0 Å². The van der Waals surface area contributed by atoms with E-state index in [1.54, 1.807) is 0 Å². The summed E-state index contributed by atoms with van der Waals surface area (Å²) in [6.07, 6.45) is 7.72. The fourth-order valence-electron chi connectivity index (χ4n) is 12.8. The van der Waals surface area contributed by atoms with Gasteiger partial charge in [0.1, 0.15) is 0 Å². The van der Waals surface area contributed by atoms with Crippen molar-refractivity contribution in [1.29, 1.82) is 0 Å². The molecule has 4 unspecified atom stereocenters. The molecule has 4 atom stereocenters. The summed E-state index contributed by atoms with van der Waals surface area (Å²) in [6.45, 7) is 72.4. The quantitative estimate of drug-likeness (QED) is 0.0412. The number of imide groups is 4. The van der Waals surface area contributed by atoms with Gasteiger partial charge in [0.05, 0.1) is 79.0 Å². The zero-order chi connectivity index (χ0) is 78.4. The molecule has 0 bridgehead atoms. The number of likely N-dealkylation sites (N-methyl/N-ethyl adjacent to an activating group) is 2. The lowest BCUT2D eigenvalue weighted by atomic mass is 9.65. The molecule has 4 aliphatic rings. The predicted octanol–water partition coefficient (Wildman–Crippen LogP) is 13.4. The van der Waals surface area contributed by atoms with Gasteiger partial charge >= 0.3 is 0 Å². The highest BCUT2D eigenvalue weighted by Gasteiger charge is 2.47. The Kier molecular flexibility index (Phi) is 42.6. The number of amides is 8. The van der Waals surface area contributed by atoms with Crippen LogP contribution in [0.1, 0.15) is 251 Å². The number of rotatable bonds is 43. The van der Waals surface area contributed by atoms with Gasteiger partial charge in [-0.3, -0.25) is 58.0 Å². The van der Waals surface area contributed by atoms with Gasteiger partial charge in [-0.1, -0.05) is 186 Å². The number of carbonyl (C=O) groups excluding carboxylic acids is 8. The molecule has 0 aromatic carbocycles. The molecule has 0 aliphatic carbocycles. The molecule has 0 radical (unpaired) electrons. The molecular weight excluding hydrogens is 1290 g/mol. The van der Waals surface area contributed by atoms with Crippen molar-refractivity contribution in [1.82, 2.24) is 39.2 Å². The van der Waals surface area contributed by atoms with Crippen LogP contribution in [0.25, 0.3) is 0 Å². The first-order chi connectivity index (χ1) is 47.1. The highest BCUT2D eigenvalue weighted by molar-refractivity contribution is 6.05. The summed E-state index contributed by atoms with van der Waals surface area (Å²) in [5.74, 6) is 0.309. The number of likely N-dealkylation sites (tertiary alicyclic amines) is 4. The Balaban J connectivity index is 0.000000681. The van der Waals surface area contributed by atoms with E-state index in [-0.39, 0.29) is 109 Å². The van der Waals surface area contributed by atoms with Gasteiger partial charge in [-0.2, -0.15) is 0 Å². The first-order valence-corrected chi connectivity index (χ1v) is 39.6. The summed E-state index contributed by atoms with van der Waals surface area (Å²) >= 11 is 0. The average Bonchev–Trinajstić information content (AvgIpc) is 1.65. The van der Waals surface area contributed by atoms with Crippen LogP contribution in [0.15, 0.2) is 0 Å². The molecule has 596 valence electrons. The van der Waals surface area contributed by atoms with Crippen LogP contribution in [-0.2, 0) is 57.3 Å². The molecule has 4 heterocycles. The molecule has 0 N–H and O–H groups in total. The van der Waals surface area contributed by atoms with Crippen LogP contribution >= 0.6 is 0 Å². The topological polar surface area (TPSA) is 199 Å². The van der Waals surface area contributed by atoms with Crippen molar-refractivity contribution in [2.24, 2.45) is 73.4 Å². The zero-order valence-electron chi connectivity index (χ0n) is 70.8. The van der Waals surface area contributed by atoms with E-state index in [1.165, 1.54) is 19.6 Å². The molecule has 20 heteroatoms. The summed E-state index contributed by atoms with van der Waals surface area (Å²) in [4.78, 5) is 114. The molecule has 4 rings (SSSR count). The molecule has 4 aliphatic heterocycles. The van der Waals surface area contributed by atoms with Crippen molar-refractivity contribution < 1.29 is 57.3 Å². The second-order valence-corrected chi connectivity index (χ2v) is 36.5. The highest BCUT2D eigenvalue weighted by atomic mass is 16.5. The normalized spacial score (nSPS) is 19.2. The van der Waals surface area contributed by atoms with Gasteiger partial charge in [0, 0.05) is 88.6 Å². The molecule has 0 spiro atoms. The second kappa shape index (κ2) is 45.1. The van der Waals surface area contributed by atoms with Crippen LogP contribution in [0, 0.1) is 73.4 Å². The number of carbonyl (C=O) groups is 8. The van der Waals surface area contributed by atoms with Gasteiger partial charge in [0.15, 0.2) is 0 Å². The maximum Gasteiger partial charge on any atom is 0.232 e. The van der Waals surface area contributed by atoms with E-state index in [2.05, 4.69) is 195 Å². The van der Waals surface area contributed by atoms with Crippen LogP contribution in [0.5, 0.6) is 0 Å². The first-order valence-electron chi connectivity index (χ1n) is 39.6. The van der Waals surface area contributed by atoms with E-state index in [4.69, 9.17) is 18.9 Å². The molecule has 102 heavy (non-hydrogen) atoms. The largest absolute Gasteiger partial charge is 0.378 e. The van der Waals surface area contributed by atoms with E-state index >= 15 is 0 Å². The van der Waals surface area contributed by atoms with Crippen molar-refractivity contribution in [3.05, 3.63) is 0 Å². The molecule has 8 amide bonds. The third-order valence-corrected chi connectivity index (χ3v) is 22.9. The van der Waals surface area contributed by atoms with Crippen molar-refractivity contribution >= 4 is 47.3 Å². The fraction of sp³-hybridized carbons (Fsp3) is 0.902. The van der Waals surface area contributed by atoms with E-state index in [9.17, 15) is 38.4 Å². The van der Waals surface area contributed by atoms with Crippen molar-refractivity contribution in [3.8, 4) is 0 Å². The maximum absolute atomic E-state index is 12.7. The lowest BCUT2D eigenvalue weighted by Crippen LogP contribution is -2.37. The van der Waals surface area contributed by atoms with Crippen LogP contribution in [-0.4, -0.2) is 245 Å². The fourth-order valence-corrected chi connectivity index (χ4v) is 12.8. The third kappa shape index (κ3) is 34.0. The van der Waals surface area contributed by atoms with Crippen LogP contribution in [0.4, 0.5) is 0 Å². The van der Waals surface area contributed by atoms with Gasteiger partial charge < -0.3 is 38.5 Å². The summed E-state index contributed by atoms with van der Waals surface area (Å²) in [5, 5.41) is 0. The van der Waals surface area contributed by atoms with Gasteiger partial charge in [-0.25, -0.2) is 0 Å². The number of ether oxygens (including phenoxy) is 4. The molecule has 4 saturated heterocycles. The summed E-state index contributed by atoms with van der Waals surface area (Å²) in [6, 6.07) is 0. The number of hydrogen-bond donors (Lipinski definition) is 0. The molecule has 0 saturated carbocycles. The molecule has 0 aromatic rings. The SMILES string of the molecule is CCC(C)(C)CC1CC(=O)N(CCOCCN(CC(C)C)CC(C)C)C1=O.CCCN(CCC)CCOCCN1C(=O)CC(CC(C)(C)C(C)(C)C)C1=O.CCN(CC)CCOCCN1C(=O)CC(CC(C)(C)C(C)(C)C)C1=O.CN(C)CCOCCN1C(=O)CC(CC(C)(C)C(C)(C)C)C1=O. The Labute approximate surface area is 623 Å². The monoisotopic (exact) mass is 1450 g/mol. The van der Waals surface area contributed by atoms with Gasteiger partial charge in [0.25, 0.3) is 0 Å². The Morgan fingerprint density at radius 1 is 0.353 bits per heavy atom. The number of hydrogen-bond acceptors (Lipinski definition) is 16. The smallest absolute Gasteiger partial charge is 0.232 e. The first kappa shape index (κ1) is 96.3. The van der Waals surface area contributed by atoms with E-state index in [0.717, 1.165) is 110 Å². The average molecular weight is 1450 g/mol. The van der Waals surface area contributed by atoms with Crippen LogP contribution in [0.3, 0.4) is 0 Å². The Morgan fingerprint density at radius 3 is 0.843 bits per heavy atom. The van der Waals surface area contributed by atoms with Crippen molar-refractivity contribution in [2.75, 3.05) is 159 Å². The number of nitrogens with zero attached hydrogens (tertiary/aromatic N) is 8. The standard InChI is InChI=1S/2C22H42N2O3.C20H38N2O3.C18H34N2O3/c1-8-22(6,7)14-19-13-20(25)24(21(19)26)10-12-27-11-9-23(15-17(2)3)16-18(4)5;1-8-10-23(11-9-2)12-14-27-15-13-24-19(25)16-18(20(24)26)17-22(6,7)21(3,4)5;1-8-21(9-2)10-12-25-13-11-22-17(23)14-16(18(22)24)15-20(6,7)19(3,4)5;1-17(2,3)18(4,5)13-14-12-15(21)20(16(14)22)9-11-23-10-8-19(6)7/h17-19H,8-16H2,1-7H3;18H,8-17H2,1-7H3;16H,8-15H2,1-7H3;14H,8-13H2,1-7H3. The lowest BCUT2D eigenvalue weighted by Gasteiger charge is -2.40. The molecule has 4 fully saturated rings. The highest BCUT2D eigenvalue weighted by Crippen LogP contribution is 2.47.